The first-order valence-corrected chi connectivity index (χ1v) is 6.41. The van der Waals surface area contributed by atoms with Crippen LogP contribution in [0.15, 0.2) is 18.2 Å². The third kappa shape index (κ3) is 3.31. The lowest BCUT2D eigenvalue weighted by Gasteiger charge is -2.20. The van der Waals surface area contributed by atoms with Crippen LogP contribution in [-0.2, 0) is 11.3 Å². The van der Waals surface area contributed by atoms with Crippen molar-refractivity contribution < 1.29 is 4.74 Å². The molecular weight excluding hydrogens is 226 g/mol. The molecule has 0 bridgehead atoms. The summed E-state index contributed by atoms with van der Waals surface area (Å²) in [6.07, 6.45) is 1.10. The maximum Gasteiger partial charge on any atom is 0.122 e. The number of nitrogens with zero attached hydrogens (tertiary/aromatic N) is 1. The summed E-state index contributed by atoms with van der Waals surface area (Å²) in [4.78, 5) is 2.42. The summed E-state index contributed by atoms with van der Waals surface area (Å²) in [6.45, 7) is 6.81. The summed E-state index contributed by atoms with van der Waals surface area (Å²) in [6, 6.07) is 6.00. The van der Waals surface area contributed by atoms with Crippen molar-refractivity contribution >= 4 is 5.84 Å². The maximum absolute atomic E-state index is 7.44. The molecule has 0 radical (unpaired) electrons. The van der Waals surface area contributed by atoms with Gasteiger partial charge in [0.15, 0.2) is 0 Å². The zero-order chi connectivity index (χ0) is 13.0. The number of nitrogen functional groups attached to an aromatic ring is 1. The molecule has 18 heavy (non-hydrogen) atoms. The van der Waals surface area contributed by atoms with Gasteiger partial charge in [-0.2, -0.15) is 0 Å². The molecule has 0 saturated carbocycles. The predicted molar refractivity (Wildman–Crippen MR) is 72.9 cm³/mol. The zero-order valence-corrected chi connectivity index (χ0v) is 10.9. The van der Waals surface area contributed by atoms with Gasteiger partial charge in [-0.25, -0.2) is 0 Å². The summed E-state index contributed by atoms with van der Waals surface area (Å²) in [5.41, 5.74) is 8.80. The van der Waals surface area contributed by atoms with E-state index in [1.807, 2.05) is 12.1 Å². The Labute approximate surface area is 108 Å². The Balaban J connectivity index is 2.06. The van der Waals surface area contributed by atoms with Gasteiger partial charge in [0.2, 0.25) is 0 Å². The highest BCUT2D eigenvalue weighted by Gasteiger charge is 2.11. The van der Waals surface area contributed by atoms with Crippen molar-refractivity contribution in [3.8, 4) is 0 Å². The Morgan fingerprint density at radius 2 is 2.22 bits per heavy atom. The van der Waals surface area contributed by atoms with Crippen LogP contribution in [0.5, 0.6) is 0 Å². The zero-order valence-electron chi connectivity index (χ0n) is 10.9. The average Bonchev–Trinajstić information content (AvgIpc) is 2.60. The lowest BCUT2D eigenvalue weighted by atomic mass is 10.0. The van der Waals surface area contributed by atoms with Gasteiger partial charge in [-0.15, -0.1) is 0 Å². The number of amidine groups is 1. The van der Waals surface area contributed by atoms with Gasteiger partial charge in [0.1, 0.15) is 5.84 Å². The van der Waals surface area contributed by atoms with E-state index in [-0.39, 0.29) is 5.84 Å². The average molecular weight is 247 g/mol. The molecule has 1 fully saturated rings. The number of benzene rings is 1. The molecule has 1 aliphatic heterocycles. The van der Waals surface area contributed by atoms with E-state index in [4.69, 9.17) is 15.9 Å². The summed E-state index contributed by atoms with van der Waals surface area (Å²) < 4.78 is 5.46. The normalized spacial score (nSPS) is 17.4. The highest BCUT2D eigenvalue weighted by Crippen LogP contribution is 2.14. The van der Waals surface area contributed by atoms with Crippen LogP contribution in [0.4, 0.5) is 0 Å². The molecule has 0 atom stereocenters. The van der Waals surface area contributed by atoms with Crippen LogP contribution in [0.3, 0.4) is 0 Å². The monoisotopic (exact) mass is 247 g/mol. The van der Waals surface area contributed by atoms with Gasteiger partial charge in [-0.1, -0.05) is 12.1 Å². The number of aryl methyl sites for hydroxylation is 1. The second-order valence-corrected chi connectivity index (χ2v) is 4.80. The number of rotatable bonds is 3. The Bertz CT molecular complexity index is 423. The highest BCUT2D eigenvalue weighted by molar-refractivity contribution is 5.95. The number of nitrogens with one attached hydrogen (secondary N) is 1. The van der Waals surface area contributed by atoms with Crippen LogP contribution in [0.1, 0.15) is 23.1 Å². The molecule has 1 saturated heterocycles. The van der Waals surface area contributed by atoms with E-state index in [0.29, 0.717) is 0 Å². The number of nitrogens with two attached hydrogens (primary N) is 1. The molecule has 1 heterocycles. The van der Waals surface area contributed by atoms with Crippen molar-refractivity contribution in [2.24, 2.45) is 5.73 Å². The van der Waals surface area contributed by atoms with Gasteiger partial charge < -0.3 is 10.5 Å². The molecule has 98 valence electrons. The van der Waals surface area contributed by atoms with Crippen molar-refractivity contribution in [3.63, 3.8) is 0 Å². The third-order valence-electron chi connectivity index (χ3n) is 3.36. The summed E-state index contributed by atoms with van der Waals surface area (Å²) in [7, 11) is 0. The van der Waals surface area contributed by atoms with Crippen LogP contribution < -0.4 is 5.73 Å². The highest BCUT2D eigenvalue weighted by atomic mass is 16.5. The Morgan fingerprint density at radius 3 is 2.94 bits per heavy atom. The standard InChI is InChI=1S/C14H21N3O/c1-11-9-12(14(15)16)3-4-13(11)10-17-5-2-7-18-8-6-17/h3-4,9H,2,5-8,10H2,1H3,(H3,15,16). The van der Waals surface area contributed by atoms with E-state index < -0.39 is 0 Å². The minimum atomic E-state index is 0.132. The van der Waals surface area contributed by atoms with Crippen molar-refractivity contribution in [2.75, 3.05) is 26.3 Å². The third-order valence-corrected chi connectivity index (χ3v) is 3.36. The molecule has 0 spiro atoms. The lowest BCUT2D eigenvalue weighted by molar-refractivity contribution is 0.140. The van der Waals surface area contributed by atoms with E-state index in [1.54, 1.807) is 0 Å². The largest absolute Gasteiger partial charge is 0.384 e. The van der Waals surface area contributed by atoms with Crippen LogP contribution in [-0.4, -0.2) is 37.0 Å². The summed E-state index contributed by atoms with van der Waals surface area (Å²) >= 11 is 0. The molecule has 1 aromatic rings. The topological polar surface area (TPSA) is 62.3 Å². The quantitative estimate of drug-likeness (QED) is 0.628. The molecule has 0 unspecified atom stereocenters. The number of hydrogen-bond donors (Lipinski definition) is 2. The second-order valence-electron chi connectivity index (χ2n) is 4.80. The number of ether oxygens (including phenoxy) is 1. The SMILES string of the molecule is Cc1cc(C(=N)N)ccc1CN1CCCOCC1. The molecule has 0 amide bonds. The summed E-state index contributed by atoms with van der Waals surface area (Å²) in [5, 5.41) is 7.44. The van der Waals surface area contributed by atoms with Crippen molar-refractivity contribution in [1.82, 2.24) is 4.90 Å². The van der Waals surface area contributed by atoms with Crippen molar-refractivity contribution in [1.29, 1.82) is 5.41 Å². The van der Waals surface area contributed by atoms with E-state index in [9.17, 15) is 0 Å². The maximum atomic E-state index is 7.44. The molecular formula is C14H21N3O. The smallest absolute Gasteiger partial charge is 0.122 e. The van der Waals surface area contributed by atoms with E-state index in [2.05, 4.69) is 17.9 Å². The van der Waals surface area contributed by atoms with Crippen LogP contribution in [0.2, 0.25) is 0 Å². The van der Waals surface area contributed by atoms with Gasteiger partial charge in [-0.3, -0.25) is 10.3 Å². The lowest BCUT2D eigenvalue weighted by Crippen LogP contribution is -2.26. The molecule has 4 heteroatoms. The molecule has 0 aromatic heterocycles. The first-order valence-electron chi connectivity index (χ1n) is 6.41. The fourth-order valence-corrected chi connectivity index (χ4v) is 2.24. The van der Waals surface area contributed by atoms with Crippen molar-refractivity contribution in [3.05, 3.63) is 34.9 Å². The summed E-state index contributed by atoms with van der Waals surface area (Å²) in [5.74, 6) is 0.132. The molecule has 0 aliphatic carbocycles. The van der Waals surface area contributed by atoms with E-state index in [0.717, 1.165) is 44.8 Å². The van der Waals surface area contributed by atoms with Gasteiger partial charge >= 0.3 is 0 Å². The first kappa shape index (κ1) is 13.1. The fraction of sp³-hybridized carbons (Fsp3) is 0.500. The van der Waals surface area contributed by atoms with Gasteiger partial charge in [-0.05, 0) is 30.5 Å². The van der Waals surface area contributed by atoms with Crippen LogP contribution in [0.25, 0.3) is 0 Å². The Hall–Kier alpha value is -1.39. The second kappa shape index (κ2) is 5.98. The van der Waals surface area contributed by atoms with Crippen LogP contribution in [0, 0.1) is 12.3 Å². The van der Waals surface area contributed by atoms with Gasteiger partial charge in [0.25, 0.3) is 0 Å². The fourth-order valence-electron chi connectivity index (χ4n) is 2.24. The Morgan fingerprint density at radius 1 is 1.39 bits per heavy atom. The molecule has 1 aromatic carbocycles. The van der Waals surface area contributed by atoms with Crippen molar-refractivity contribution in [2.45, 2.75) is 19.9 Å². The minimum absolute atomic E-state index is 0.132. The van der Waals surface area contributed by atoms with Gasteiger partial charge in [0.05, 0.1) is 6.61 Å². The first-order chi connectivity index (χ1) is 8.66. The van der Waals surface area contributed by atoms with Crippen LogP contribution >= 0.6 is 0 Å². The molecule has 2 rings (SSSR count). The number of hydrogen-bond acceptors (Lipinski definition) is 3. The van der Waals surface area contributed by atoms with Gasteiger partial charge in [0, 0.05) is 31.8 Å². The van der Waals surface area contributed by atoms with E-state index >= 15 is 0 Å². The molecule has 3 N–H and O–H groups in total. The molecule has 1 aliphatic rings. The minimum Gasteiger partial charge on any atom is -0.384 e. The molecule has 4 nitrogen and oxygen atoms in total. The van der Waals surface area contributed by atoms with E-state index in [1.165, 1.54) is 11.1 Å². The predicted octanol–water partition coefficient (Wildman–Crippen LogP) is 1.50. The Kier molecular flexibility index (Phi) is 4.33.